The summed E-state index contributed by atoms with van der Waals surface area (Å²) in [6, 6.07) is 0. The smallest absolute Gasteiger partial charge is 0.377 e. The Balaban J connectivity index is 2.12. The van der Waals surface area contributed by atoms with Crippen LogP contribution in [-0.4, -0.2) is 28.1 Å². The molecule has 0 aromatic rings. The molecule has 6 unspecified atom stereocenters. The molecule has 2 aliphatic carbocycles. The first-order valence-electron chi connectivity index (χ1n) is 10.4. The van der Waals surface area contributed by atoms with Crippen LogP contribution in [-0.2, 0) is 13.3 Å². The highest BCUT2D eigenvalue weighted by molar-refractivity contribution is 6.59. The van der Waals surface area contributed by atoms with Crippen molar-refractivity contribution in [1.29, 1.82) is 0 Å². The Labute approximate surface area is 162 Å². The Hall–Kier alpha value is -0.423. The maximum atomic E-state index is 6.64. The third-order valence-electron chi connectivity index (χ3n) is 6.48. The topological polar surface area (TPSA) is 27.7 Å². The van der Waals surface area contributed by atoms with E-state index in [9.17, 15) is 0 Å². The molecule has 0 saturated heterocycles. The average molecular weight is 381 g/mol. The van der Waals surface area contributed by atoms with Crippen LogP contribution in [0.5, 0.6) is 0 Å². The summed E-state index contributed by atoms with van der Waals surface area (Å²) in [7, 11) is -0.969. The highest BCUT2D eigenvalue weighted by Crippen LogP contribution is 2.39. The van der Waals surface area contributed by atoms with Gasteiger partial charge in [0.15, 0.2) is 0 Å². The zero-order valence-corrected chi connectivity index (χ0v) is 18.8. The van der Waals surface area contributed by atoms with Crippen LogP contribution in [0.1, 0.15) is 66.2 Å². The van der Waals surface area contributed by atoms with Gasteiger partial charge in [0.2, 0.25) is 0 Å². The van der Waals surface area contributed by atoms with Gasteiger partial charge in [-0.05, 0) is 64.2 Å². The summed E-state index contributed by atoms with van der Waals surface area (Å²) < 4.78 is 19.2. The first-order valence-corrected chi connectivity index (χ1v) is 12.6. The van der Waals surface area contributed by atoms with Gasteiger partial charge in [0, 0.05) is 25.5 Å². The normalized spacial score (nSPS) is 37.8. The first-order chi connectivity index (χ1) is 12.1. The van der Waals surface area contributed by atoms with Crippen molar-refractivity contribution < 1.29 is 13.3 Å². The summed E-state index contributed by atoms with van der Waals surface area (Å²) in [5.74, 6) is 2.20. The van der Waals surface area contributed by atoms with Gasteiger partial charge in [-0.1, -0.05) is 38.2 Å². The van der Waals surface area contributed by atoms with Crippen molar-refractivity contribution in [2.45, 2.75) is 85.0 Å². The lowest BCUT2D eigenvalue weighted by Crippen LogP contribution is -2.52. The Kier molecular flexibility index (Phi) is 7.72. The number of hydrogen-bond donors (Lipinski definition) is 0. The van der Waals surface area contributed by atoms with Gasteiger partial charge in [-0.2, -0.15) is 0 Å². The minimum Gasteiger partial charge on any atom is -0.377 e. The fraction of sp³-hybridized carbons (Fsp3) is 0.818. The van der Waals surface area contributed by atoms with E-state index in [2.05, 4.69) is 47.4 Å². The van der Waals surface area contributed by atoms with Gasteiger partial charge in [-0.3, -0.25) is 0 Å². The average Bonchev–Trinajstić information content (AvgIpc) is 2.54. The lowest BCUT2D eigenvalue weighted by atomic mass is 9.78. The van der Waals surface area contributed by atoms with Crippen molar-refractivity contribution in [2.75, 3.05) is 7.11 Å². The quantitative estimate of drug-likeness (QED) is 0.400. The molecular formula is C22H40O3Si. The highest BCUT2D eigenvalue weighted by Gasteiger charge is 2.45. The molecule has 150 valence electrons. The molecule has 0 aromatic carbocycles. The molecule has 2 rings (SSSR count). The molecule has 0 radical (unpaired) electrons. The highest BCUT2D eigenvalue weighted by atomic mass is 28.4. The molecule has 3 nitrogen and oxygen atoms in total. The molecule has 0 bridgehead atoms. The second-order valence-corrected chi connectivity index (χ2v) is 11.7. The Morgan fingerprint density at radius 3 is 1.50 bits per heavy atom. The molecule has 0 N–H and O–H groups in total. The lowest BCUT2D eigenvalue weighted by Gasteiger charge is -2.43. The van der Waals surface area contributed by atoms with Crippen molar-refractivity contribution in [1.82, 2.24) is 0 Å². The predicted octanol–water partition coefficient (Wildman–Crippen LogP) is 6.00. The van der Waals surface area contributed by atoms with E-state index in [0.717, 1.165) is 25.7 Å². The Morgan fingerprint density at radius 1 is 0.808 bits per heavy atom. The van der Waals surface area contributed by atoms with E-state index in [1.54, 1.807) is 7.11 Å². The molecule has 6 atom stereocenters. The fourth-order valence-electron chi connectivity index (χ4n) is 4.72. The van der Waals surface area contributed by atoms with Crippen LogP contribution in [0.2, 0.25) is 6.55 Å². The van der Waals surface area contributed by atoms with Gasteiger partial charge < -0.3 is 13.3 Å². The maximum Gasteiger partial charge on any atom is 0.497 e. The lowest BCUT2D eigenvalue weighted by molar-refractivity contribution is -0.0366. The fourth-order valence-corrected chi connectivity index (χ4v) is 6.59. The molecule has 2 aliphatic rings. The van der Waals surface area contributed by atoms with Crippen molar-refractivity contribution in [3.05, 3.63) is 24.3 Å². The molecule has 26 heavy (non-hydrogen) atoms. The number of rotatable bonds is 7. The molecule has 2 fully saturated rings. The molecule has 2 saturated carbocycles. The Bertz CT molecular complexity index is 464. The van der Waals surface area contributed by atoms with E-state index >= 15 is 0 Å². The van der Waals surface area contributed by atoms with Crippen molar-refractivity contribution in [3.63, 3.8) is 0 Å². The first kappa shape index (κ1) is 21.9. The van der Waals surface area contributed by atoms with Crippen LogP contribution < -0.4 is 0 Å². The van der Waals surface area contributed by atoms with Gasteiger partial charge in [-0.25, -0.2) is 0 Å². The predicted molar refractivity (Wildman–Crippen MR) is 111 cm³/mol. The SMILES string of the molecule is C=C(C)C1CCC(C)CC1O[Si](C)(OC)OC1CC(C)CCC1C(=C)C. The molecule has 0 aliphatic heterocycles. The third-order valence-corrected chi connectivity index (χ3v) is 8.68. The van der Waals surface area contributed by atoms with E-state index in [-0.39, 0.29) is 12.2 Å². The zero-order valence-electron chi connectivity index (χ0n) is 17.8. The van der Waals surface area contributed by atoms with Gasteiger partial charge in [-0.15, -0.1) is 0 Å². The standard InChI is InChI=1S/C22H40O3Si/c1-15(2)19-11-9-17(5)13-21(19)24-26(8,23-7)25-22-14-18(6)10-12-20(22)16(3)4/h17-22H,1,3,9-14H2,2,4-8H3. The van der Waals surface area contributed by atoms with Crippen LogP contribution in [0.4, 0.5) is 0 Å². The van der Waals surface area contributed by atoms with Crippen LogP contribution in [0.25, 0.3) is 0 Å². The van der Waals surface area contributed by atoms with Gasteiger partial charge in [0.1, 0.15) is 0 Å². The summed E-state index contributed by atoms with van der Waals surface area (Å²) in [6.45, 7) is 19.4. The van der Waals surface area contributed by atoms with Gasteiger partial charge in [0.05, 0.1) is 12.2 Å². The van der Waals surface area contributed by atoms with E-state index in [1.165, 1.54) is 24.0 Å². The number of hydrogen-bond acceptors (Lipinski definition) is 3. The summed E-state index contributed by atoms with van der Waals surface area (Å²) in [5.41, 5.74) is 2.45. The van der Waals surface area contributed by atoms with Crippen LogP contribution in [0.3, 0.4) is 0 Å². The van der Waals surface area contributed by atoms with E-state index in [4.69, 9.17) is 13.3 Å². The third kappa shape index (κ3) is 5.54. The molecule has 4 heteroatoms. The van der Waals surface area contributed by atoms with Gasteiger partial charge >= 0.3 is 8.80 Å². The monoisotopic (exact) mass is 380 g/mol. The van der Waals surface area contributed by atoms with E-state index < -0.39 is 8.80 Å². The molecule has 0 aromatic heterocycles. The largest absolute Gasteiger partial charge is 0.497 e. The molecular weight excluding hydrogens is 340 g/mol. The van der Waals surface area contributed by atoms with Crippen LogP contribution in [0.15, 0.2) is 24.3 Å². The summed E-state index contributed by atoms with van der Waals surface area (Å²) in [6.07, 6.45) is 7.28. The minimum atomic E-state index is -2.71. The second kappa shape index (κ2) is 9.18. The molecule has 0 heterocycles. The Morgan fingerprint density at radius 2 is 1.19 bits per heavy atom. The van der Waals surface area contributed by atoms with Crippen molar-refractivity contribution in [2.24, 2.45) is 23.7 Å². The van der Waals surface area contributed by atoms with E-state index in [0.29, 0.717) is 23.7 Å². The van der Waals surface area contributed by atoms with Crippen molar-refractivity contribution in [3.8, 4) is 0 Å². The van der Waals surface area contributed by atoms with E-state index in [1.807, 2.05) is 0 Å². The summed E-state index contributed by atoms with van der Waals surface area (Å²) >= 11 is 0. The summed E-state index contributed by atoms with van der Waals surface area (Å²) in [4.78, 5) is 0. The minimum absolute atomic E-state index is 0.164. The molecule has 0 amide bonds. The van der Waals surface area contributed by atoms with Crippen LogP contribution in [0, 0.1) is 23.7 Å². The summed E-state index contributed by atoms with van der Waals surface area (Å²) in [5, 5.41) is 0. The van der Waals surface area contributed by atoms with Gasteiger partial charge in [0.25, 0.3) is 0 Å². The maximum absolute atomic E-state index is 6.64. The second-order valence-electron chi connectivity index (χ2n) is 9.12. The van der Waals surface area contributed by atoms with Crippen molar-refractivity contribution >= 4 is 8.80 Å². The molecule has 0 spiro atoms. The van der Waals surface area contributed by atoms with Crippen LogP contribution >= 0.6 is 0 Å². The zero-order chi connectivity index (χ0) is 19.5.